The Morgan fingerprint density at radius 1 is 1.25 bits per heavy atom. The zero-order valence-electron chi connectivity index (χ0n) is 6.49. The molecule has 0 saturated carbocycles. The minimum atomic E-state index is -0.0258. The van der Waals surface area contributed by atoms with Gasteiger partial charge in [0.15, 0.2) is 5.78 Å². The van der Waals surface area contributed by atoms with Gasteiger partial charge in [-0.3, -0.25) is 4.79 Å². The fourth-order valence-electron chi connectivity index (χ4n) is 1.17. The van der Waals surface area contributed by atoms with Crippen LogP contribution in [0.1, 0.15) is 0 Å². The molecule has 0 unspecified atom stereocenters. The fraction of sp³-hybridized carbons (Fsp3) is 0.100. The Balaban J connectivity index is 2.43. The van der Waals surface area contributed by atoms with Gasteiger partial charge in [0.2, 0.25) is 0 Å². The van der Waals surface area contributed by atoms with E-state index >= 15 is 0 Å². The number of carbonyl (C=O) groups excluding carboxylic acids is 1. The first-order valence-electron chi connectivity index (χ1n) is 3.80. The molecule has 0 aromatic carbocycles. The second kappa shape index (κ2) is 2.81. The molecular weight excluding hydrogens is 152 g/mol. The molecule has 1 aliphatic heterocycles. The van der Waals surface area contributed by atoms with Gasteiger partial charge in [-0.25, -0.2) is 0 Å². The third-order valence-corrected chi connectivity index (χ3v) is 1.75. The number of carbonyl (C=O) groups is 1. The lowest BCUT2D eigenvalue weighted by Crippen LogP contribution is -1.93. The van der Waals surface area contributed by atoms with Crippen molar-refractivity contribution in [2.75, 3.05) is 6.61 Å². The molecule has 0 aromatic heterocycles. The topological polar surface area (TPSA) is 26.3 Å². The van der Waals surface area contributed by atoms with Gasteiger partial charge >= 0.3 is 0 Å². The SMILES string of the molecule is O=C1C=CC=CC2=CCOC2=C1. The van der Waals surface area contributed by atoms with Crippen LogP contribution >= 0.6 is 0 Å². The molecule has 2 nitrogen and oxygen atoms in total. The maximum Gasteiger partial charge on any atom is 0.182 e. The van der Waals surface area contributed by atoms with Crippen LogP contribution in [0.4, 0.5) is 0 Å². The number of ketones is 1. The molecule has 2 heteroatoms. The Morgan fingerprint density at radius 3 is 3.00 bits per heavy atom. The largest absolute Gasteiger partial charge is 0.489 e. The maximum atomic E-state index is 11.1. The molecule has 0 amide bonds. The van der Waals surface area contributed by atoms with E-state index in [1.165, 1.54) is 12.2 Å². The van der Waals surface area contributed by atoms with Crippen LogP contribution in [0.25, 0.3) is 0 Å². The first-order valence-corrected chi connectivity index (χ1v) is 3.80. The van der Waals surface area contributed by atoms with Gasteiger partial charge in [-0.2, -0.15) is 0 Å². The summed E-state index contributed by atoms with van der Waals surface area (Å²) < 4.78 is 5.23. The predicted molar refractivity (Wildman–Crippen MR) is 45.4 cm³/mol. The van der Waals surface area contributed by atoms with E-state index in [9.17, 15) is 4.79 Å². The number of hydrogen-bond acceptors (Lipinski definition) is 2. The molecule has 0 radical (unpaired) electrons. The maximum absolute atomic E-state index is 11.1. The molecule has 0 saturated heterocycles. The van der Waals surface area contributed by atoms with Gasteiger partial charge in [0.25, 0.3) is 0 Å². The zero-order chi connectivity index (χ0) is 8.39. The van der Waals surface area contributed by atoms with Crippen LogP contribution in [-0.4, -0.2) is 12.4 Å². The molecule has 1 aliphatic carbocycles. The smallest absolute Gasteiger partial charge is 0.182 e. The second-order valence-corrected chi connectivity index (χ2v) is 2.60. The molecular formula is C10H8O2. The summed E-state index contributed by atoms with van der Waals surface area (Å²) in [7, 11) is 0. The van der Waals surface area contributed by atoms with Crippen molar-refractivity contribution in [2.45, 2.75) is 0 Å². The van der Waals surface area contributed by atoms with Crippen molar-refractivity contribution in [1.29, 1.82) is 0 Å². The quantitative estimate of drug-likeness (QED) is 0.537. The number of rotatable bonds is 0. The molecule has 60 valence electrons. The first-order chi connectivity index (χ1) is 5.86. The summed E-state index contributed by atoms with van der Waals surface area (Å²) >= 11 is 0. The average molecular weight is 160 g/mol. The predicted octanol–water partition coefficient (Wildman–Crippen LogP) is 1.52. The van der Waals surface area contributed by atoms with E-state index in [0.717, 1.165) is 5.57 Å². The molecule has 0 bridgehead atoms. The van der Waals surface area contributed by atoms with E-state index < -0.39 is 0 Å². The summed E-state index contributed by atoms with van der Waals surface area (Å²) in [5.74, 6) is 0.655. The van der Waals surface area contributed by atoms with Gasteiger partial charge in [-0.05, 0) is 12.2 Å². The van der Waals surface area contributed by atoms with E-state index in [1.807, 2.05) is 18.2 Å². The van der Waals surface area contributed by atoms with Crippen LogP contribution in [0.2, 0.25) is 0 Å². The summed E-state index contributed by atoms with van der Waals surface area (Å²) in [6.07, 6.45) is 10.5. The van der Waals surface area contributed by atoms with E-state index in [2.05, 4.69) is 0 Å². The van der Waals surface area contributed by atoms with Crippen molar-refractivity contribution < 1.29 is 9.53 Å². The van der Waals surface area contributed by atoms with Crippen molar-refractivity contribution in [3.05, 3.63) is 47.8 Å². The number of fused-ring (bicyclic) bond motifs is 1. The van der Waals surface area contributed by atoms with Crippen LogP contribution in [0.5, 0.6) is 0 Å². The lowest BCUT2D eigenvalue weighted by molar-refractivity contribution is -0.110. The summed E-state index contributed by atoms with van der Waals surface area (Å²) in [4.78, 5) is 11.1. The van der Waals surface area contributed by atoms with Crippen molar-refractivity contribution in [3.63, 3.8) is 0 Å². The summed E-state index contributed by atoms with van der Waals surface area (Å²) in [5.41, 5.74) is 0.993. The Labute approximate surface area is 70.5 Å². The number of ether oxygens (including phenoxy) is 1. The van der Waals surface area contributed by atoms with Gasteiger partial charge in [-0.15, -0.1) is 0 Å². The van der Waals surface area contributed by atoms with Crippen molar-refractivity contribution >= 4 is 5.78 Å². The molecule has 0 atom stereocenters. The molecule has 12 heavy (non-hydrogen) atoms. The molecule has 0 N–H and O–H groups in total. The lowest BCUT2D eigenvalue weighted by atomic mass is 10.1. The molecule has 0 spiro atoms. The number of allylic oxidation sites excluding steroid dienone is 5. The normalized spacial score (nSPS) is 20.5. The highest BCUT2D eigenvalue weighted by molar-refractivity contribution is 6.00. The second-order valence-electron chi connectivity index (χ2n) is 2.60. The first kappa shape index (κ1) is 7.10. The molecule has 0 aromatic rings. The van der Waals surface area contributed by atoms with Gasteiger partial charge in [0.05, 0.1) is 0 Å². The Hall–Kier alpha value is -1.57. The molecule has 2 rings (SSSR count). The van der Waals surface area contributed by atoms with Gasteiger partial charge in [0.1, 0.15) is 12.4 Å². The van der Waals surface area contributed by atoms with E-state index in [-0.39, 0.29) is 5.78 Å². The average Bonchev–Trinajstić information content (AvgIpc) is 2.42. The van der Waals surface area contributed by atoms with Gasteiger partial charge < -0.3 is 4.74 Å². The van der Waals surface area contributed by atoms with E-state index in [4.69, 9.17) is 4.74 Å². The van der Waals surface area contributed by atoms with Crippen LogP contribution in [0.3, 0.4) is 0 Å². The Morgan fingerprint density at radius 2 is 2.08 bits per heavy atom. The molecule has 2 aliphatic rings. The minimum absolute atomic E-state index is 0.0258. The van der Waals surface area contributed by atoms with Gasteiger partial charge in [0, 0.05) is 11.6 Å². The monoisotopic (exact) mass is 160 g/mol. The van der Waals surface area contributed by atoms with Crippen molar-refractivity contribution in [2.24, 2.45) is 0 Å². The van der Waals surface area contributed by atoms with Crippen LogP contribution < -0.4 is 0 Å². The molecule has 1 heterocycles. The minimum Gasteiger partial charge on any atom is -0.489 e. The van der Waals surface area contributed by atoms with Crippen molar-refractivity contribution in [1.82, 2.24) is 0 Å². The third kappa shape index (κ3) is 1.23. The van der Waals surface area contributed by atoms with Gasteiger partial charge in [-0.1, -0.05) is 18.2 Å². The summed E-state index contributed by atoms with van der Waals surface area (Å²) in [5, 5.41) is 0. The highest BCUT2D eigenvalue weighted by Crippen LogP contribution is 2.20. The standard InChI is InChI=1S/C10H8O2/c11-9-4-2-1-3-8-5-6-12-10(8)7-9/h1-5,7H,6H2. The van der Waals surface area contributed by atoms with Crippen molar-refractivity contribution in [3.8, 4) is 0 Å². The Kier molecular flexibility index (Phi) is 1.67. The van der Waals surface area contributed by atoms with Crippen LogP contribution in [0.15, 0.2) is 47.8 Å². The highest BCUT2D eigenvalue weighted by Gasteiger charge is 2.11. The van der Waals surface area contributed by atoms with E-state index in [0.29, 0.717) is 12.4 Å². The Bertz CT molecular complexity index is 330. The number of hydrogen-bond donors (Lipinski definition) is 0. The summed E-state index contributed by atoms with van der Waals surface area (Å²) in [6, 6.07) is 0. The third-order valence-electron chi connectivity index (χ3n) is 1.75. The van der Waals surface area contributed by atoms with Crippen LogP contribution in [0, 0.1) is 0 Å². The fourth-order valence-corrected chi connectivity index (χ4v) is 1.17. The van der Waals surface area contributed by atoms with E-state index in [1.54, 1.807) is 6.08 Å². The summed E-state index contributed by atoms with van der Waals surface area (Å²) in [6.45, 7) is 0.568. The zero-order valence-corrected chi connectivity index (χ0v) is 6.49. The molecule has 0 fully saturated rings. The highest BCUT2D eigenvalue weighted by atomic mass is 16.5. The van der Waals surface area contributed by atoms with Crippen LogP contribution in [-0.2, 0) is 9.53 Å². The lowest BCUT2D eigenvalue weighted by Gasteiger charge is -2.00.